The monoisotopic (exact) mass is 193 g/mol. The Labute approximate surface area is 89.7 Å². The second kappa shape index (κ2) is 8.92. The van der Waals surface area contributed by atoms with Gasteiger partial charge in [-0.3, -0.25) is 5.84 Å². The summed E-state index contributed by atoms with van der Waals surface area (Å²) in [7, 11) is -3.92. The average Bonchev–Trinajstić information content (AvgIpc) is 1.61. The molecule has 11 heavy (non-hydrogen) atoms. The van der Waals surface area contributed by atoms with Crippen LogP contribution in [0.25, 0.3) is 0 Å². The molecule has 0 aliphatic carbocycles. The minimum absolute atomic E-state index is 0. The SMILES string of the molecule is CC(C)N[NH3+].CS(=O)(=O)[O-].[Na+]. The average molecular weight is 193 g/mol. The van der Waals surface area contributed by atoms with E-state index in [1.165, 1.54) is 0 Å². The molecule has 4 N–H and O–H groups in total. The van der Waals surface area contributed by atoms with Gasteiger partial charge in [0, 0.05) is 12.3 Å². The zero-order valence-electron chi connectivity index (χ0n) is 7.42. The maximum Gasteiger partial charge on any atom is 1.00 e. The van der Waals surface area contributed by atoms with Gasteiger partial charge in [-0.25, -0.2) is 8.42 Å². The topological polar surface area (TPSA) is 96.9 Å². The molecule has 0 atom stereocenters. The maximum atomic E-state index is 9.08. The van der Waals surface area contributed by atoms with Crippen molar-refractivity contribution in [2.24, 2.45) is 0 Å². The predicted molar refractivity (Wildman–Crippen MR) is 36.8 cm³/mol. The summed E-state index contributed by atoms with van der Waals surface area (Å²) < 4.78 is 27.2. The Kier molecular flexibility index (Phi) is 14.4. The Morgan fingerprint density at radius 1 is 1.45 bits per heavy atom. The largest absolute Gasteiger partial charge is 1.00 e. The third-order valence-corrected chi connectivity index (χ3v) is 0.408. The molecule has 0 saturated carbocycles. The molecule has 0 radical (unpaired) electrons. The van der Waals surface area contributed by atoms with E-state index < -0.39 is 10.1 Å². The minimum atomic E-state index is -3.92. The number of hydrogen-bond donors (Lipinski definition) is 2. The molecule has 0 aliphatic rings. The van der Waals surface area contributed by atoms with Gasteiger partial charge in [-0.1, -0.05) is 0 Å². The van der Waals surface area contributed by atoms with Crippen LogP contribution in [0.2, 0.25) is 0 Å². The van der Waals surface area contributed by atoms with Gasteiger partial charge in [-0.15, -0.1) is 0 Å². The summed E-state index contributed by atoms with van der Waals surface area (Å²) in [5.74, 6) is 3.44. The summed E-state index contributed by atoms with van der Waals surface area (Å²) in [6, 6.07) is 0.523. The fourth-order valence-corrected chi connectivity index (χ4v) is 0. The van der Waals surface area contributed by atoms with Crippen molar-refractivity contribution in [2.45, 2.75) is 19.9 Å². The first-order valence-electron chi connectivity index (χ1n) is 2.71. The van der Waals surface area contributed by atoms with Gasteiger partial charge in [-0.05, 0) is 13.8 Å². The summed E-state index contributed by atoms with van der Waals surface area (Å²) >= 11 is 0. The Bertz CT molecular complexity index is 149. The van der Waals surface area contributed by atoms with Crippen molar-refractivity contribution < 1.29 is 48.4 Å². The van der Waals surface area contributed by atoms with Crippen LogP contribution in [-0.2, 0) is 10.1 Å². The minimum Gasteiger partial charge on any atom is -0.748 e. The third kappa shape index (κ3) is 105. The zero-order valence-corrected chi connectivity index (χ0v) is 10.2. The first kappa shape index (κ1) is 17.8. The van der Waals surface area contributed by atoms with Gasteiger partial charge >= 0.3 is 29.6 Å². The molecule has 7 heteroatoms. The van der Waals surface area contributed by atoms with Gasteiger partial charge in [0.1, 0.15) is 0 Å². The van der Waals surface area contributed by atoms with Gasteiger partial charge < -0.3 is 4.55 Å². The van der Waals surface area contributed by atoms with E-state index in [4.69, 9.17) is 13.0 Å². The molecular formula is C4H14N2NaO3S+. The van der Waals surface area contributed by atoms with E-state index in [0.29, 0.717) is 12.3 Å². The van der Waals surface area contributed by atoms with E-state index in [1.54, 1.807) is 0 Å². The standard InChI is InChI=1S/C3H10N2.CH4O3S.Na/c1-3(2)5-4;1-5(2,3)4;/h3,5H,4H2,1-2H3;1H3,(H,2,3,4);/q;;+1. The van der Waals surface area contributed by atoms with E-state index in [0.717, 1.165) is 0 Å². The van der Waals surface area contributed by atoms with Crippen LogP contribution in [0.1, 0.15) is 13.8 Å². The third-order valence-electron chi connectivity index (χ3n) is 0.408. The summed E-state index contributed by atoms with van der Waals surface area (Å²) in [5.41, 5.74) is 2.78. The molecule has 0 aromatic rings. The molecule has 0 fully saturated rings. The zero-order chi connectivity index (χ0) is 8.78. The quantitative estimate of drug-likeness (QED) is 0.248. The second-order valence-electron chi connectivity index (χ2n) is 2.06. The van der Waals surface area contributed by atoms with Gasteiger partial charge in [0.2, 0.25) is 0 Å². The molecule has 0 bridgehead atoms. The molecule has 0 heterocycles. The first-order chi connectivity index (χ1) is 4.27. The van der Waals surface area contributed by atoms with Crippen LogP contribution in [0.15, 0.2) is 0 Å². The number of rotatable bonds is 1. The van der Waals surface area contributed by atoms with Gasteiger partial charge in [0.05, 0.1) is 10.1 Å². The number of hydrogen-bond acceptors (Lipinski definition) is 4. The fraction of sp³-hybridized carbons (Fsp3) is 1.00. The van der Waals surface area contributed by atoms with Gasteiger partial charge in [-0.2, -0.15) is 5.43 Å². The molecule has 64 valence electrons. The van der Waals surface area contributed by atoms with E-state index in [2.05, 4.69) is 11.3 Å². The molecule has 0 aliphatic heterocycles. The smallest absolute Gasteiger partial charge is 0.748 e. The van der Waals surface area contributed by atoms with Crippen LogP contribution in [0.3, 0.4) is 0 Å². The Hall–Kier alpha value is 0.830. The van der Waals surface area contributed by atoms with Crippen molar-refractivity contribution in [1.82, 2.24) is 5.43 Å². The van der Waals surface area contributed by atoms with Crippen molar-refractivity contribution in [3.8, 4) is 0 Å². The molecule has 0 rings (SSSR count). The molecule has 0 aromatic carbocycles. The molecule has 0 spiro atoms. The van der Waals surface area contributed by atoms with Crippen LogP contribution in [0, 0.1) is 0 Å². The Balaban J connectivity index is -0.000000107. The van der Waals surface area contributed by atoms with Crippen LogP contribution in [0.4, 0.5) is 0 Å². The summed E-state index contributed by atoms with van der Waals surface area (Å²) in [5, 5.41) is 0. The normalized spacial score (nSPS) is 9.64. The number of quaternary nitrogens is 1. The molecular weight excluding hydrogens is 179 g/mol. The van der Waals surface area contributed by atoms with Gasteiger partial charge in [0.15, 0.2) is 0 Å². The van der Waals surface area contributed by atoms with Crippen LogP contribution < -0.4 is 40.8 Å². The maximum absolute atomic E-state index is 9.08. The van der Waals surface area contributed by atoms with Gasteiger partial charge in [0.25, 0.3) is 0 Å². The Morgan fingerprint density at radius 2 is 1.55 bits per heavy atom. The molecule has 0 aromatic heterocycles. The molecule has 0 saturated heterocycles. The van der Waals surface area contributed by atoms with E-state index in [9.17, 15) is 0 Å². The second-order valence-corrected chi connectivity index (χ2v) is 3.47. The van der Waals surface area contributed by atoms with E-state index in [1.807, 2.05) is 13.8 Å². The van der Waals surface area contributed by atoms with Crippen LogP contribution in [0.5, 0.6) is 0 Å². The van der Waals surface area contributed by atoms with Crippen molar-refractivity contribution >= 4 is 10.1 Å². The number of nitrogens with one attached hydrogen (secondary N) is 1. The Morgan fingerprint density at radius 3 is 1.55 bits per heavy atom. The van der Waals surface area contributed by atoms with Crippen molar-refractivity contribution in [2.75, 3.05) is 6.26 Å². The molecule has 0 unspecified atom stereocenters. The summed E-state index contributed by atoms with van der Waals surface area (Å²) in [6.07, 6.45) is 0.604. The van der Waals surface area contributed by atoms with E-state index >= 15 is 0 Å². The summed E-state index contributed by atoms with van der Waals surface area (Å²) in [4.78, 5) is 0. The summed E-state index contributed by atoms with van der Waals surface area (Å²) in [6.45, 7) is 4.10. The van der Waals surface area contributed by atoms with Crippen molar-refractivity contribution in [1.29, 1.82) is 0 Å². The molecule has 5 nitrogen and oxygen atoms in total. The van der Waals surface area contributed by atoms with E-state index in [-0.39, 0.29) is 29.6 Å². The predicted octanol–water partition coefficient (Wildman–Crippen LogP) is -4.69. The first-order valence-corrected chi connectivity index (χ1v) is 4.52. The van der Waals surface area contributed by atoms with Crippen molar-refractivity contribution in [3.05, 3.63) is 0 Å². The fourth-order valence-electron chi connectivity index (χ4n) is 0. The molecule has 0 amide bonds. The van der Waals surface area contributed by atoms with Crippen LogP contribution in [-0.4, -0.2) is 25.3 Å². The van der Waals surface area contributed by atoms with Crippen LogP contribution >= 0.6 is 0 Å². The van der Waals surface area contributed by atoms with Crippen molar-refractivity contribution in [3.63, 3.8) is 0 Å².